The van der Waals surface area contributed by atoms with E-state index in [2.05, 4.69) is 5.32 Å². The van der Waals surface area contributed by atoms with E-state index in [0.717, 1.165) is 43.5 Å². The van der Waals surface area contributed by atoms with Crippen LogP contribution in [0.15, 0.2) is 48.5 Å². The summed E-state index contributed by atoms with van der Waals surface area (Å²) in [5.41, 5.74) is 2.48. The van der Waals surface area contributed by atoms with E-state index in [1.165, 1.54) is 7.11 Å². The fourth-order valence-corrected chi connectivity index (χ4v) is 4.90. The Morgan fingerprint density at radius 3 is 2.35 bits per heavy atom. The van der Waals surface area contributed by atoms with Crippen LogP contribution in [0.2, 0.25) is 0 Å². The van der Waals surface area contributed by atoms with Crippen LogP contribution < -0.4 is 5.32 Å². The normalized spacial score (nSPS) is 15.7. The monoisotopic (exact) mass is 467 g/mol. The van der Waals surface area contributed by atoms with E-state index in [9.17, 15) is 14.4 Å². The van der Waals surface area contributed by atoms with Crippen molar-refractivity contribution in [2.45, 2.75) is 52.2 Å². The molecule has 7 nitrogen and oxygen atoms in total. The van der Waals surface area contributed by atoms with Crippen molar-refractivity contribution in [3.63, 3.8) is 0 Å². The van der Waals surface area contributed by atoms with Gasteiger partial charge in [-0.25, -0.2) is 9.59 Å². The summed E-state index contributed by atoms with van der Waals surface area (Å²) in [5.74, 6) is -0.999. The predicted molar refractivity (Wildman–Crippen MR) is 130 cm³/mol. The maximum atomic E-state index is 13.6. The molecule has 0 spiro atoms. The quantitative estimate of drug-likeness (QED) is 0.441. The Kier molecular flexibility index (Phi) is 8.82. The molecule has 34 heavy (non-hydrogen) atoms. The molecule has 0 aliphatic carbocycles. The van der Waals surface area contributed by atoms with Gasteiger partial charge >= 0.3 is 11.9 Å². The van der Waals surface area contributed by atoms with Gasteiger partial charge in [0.2, 0.25) is 0 Å². The first-order valence-electron chi connectivity index (χ1n) is 11.9. The number of anilines is 1. The average molecular weight is 468 g/mol. The van der Waals surface area contributed by atoms with Gasteiger partial charge in [0.25, 0.3) is 5.91 Å². The molecule has 1 aliphatic heterocycles. The molecule has 1 N–H and O–H groups in total. The first-order valence-corrected chi connectivity index (χ1v) is 11.9. The highest BCUT2D eigenvalue weighted by atomic mass is 16.5. The van der Waals surface area contributed by atoms with Gasteiger partial charge in [0.1, 0.15) is 6.61 Å². The maximum absolute atomic E-state index is 13.6. The number of rotatable bonds is 9. The van der Waals surface area contributed by atoms with E-state index in [1.807, 2.05) is 50.2 Å². The van der Waals surface area contributed by atoms with Crippen molar-refractivity contribution >= 4 is 23.5 Å². The van der Waals surface area contributed by atoms with Gasteiger partial charge in [0.15, 0.2) is 12.6 Å². The van der Waals surface area contributed by atoms with Gasteiger partial charge in [-0.3, -0.25) is 4.79 Å². The molecule has 0 aromatic heterocycles. The van der Waals surface area contributed by atoms with Gasteiger partial charge in [0.05, 0.1) is 31.5 Å². The van der Waals surface area contributed by atoms with Crippen molar-refractivity contribution in [3.8, 4) is 0 Å². The van der Waals surface area contributed by atoms with Crippen LogP contribution in [0.5, 0.6) is 0 Å². The molecule has 182 valence electrons. The summed E-state index contributed by atoms with van der Waals surface area (Å²) in [6.45, 7) is 5.65. The SMILES string of the molecule is CCC(C(=O)Nc1c(C)cccc1C(=O)OC)[N+]1(CC(=O)OCc2ccccc2)CCCCC1. The number of carbonyl (C=O) groups excluding carboxylic acids is 3. The first kappa shape index (κ1) is 25.4. The molecule has 0 saturated carbocycles. The molecule has 1 amide bonds. The van der Waals surface area contributed by atoms with Crippen molar-refractivity contribution in [2.75, 3.05) is 32.1 Å². The fraction of sp³-hybridized carbons (Fsp3) is 0.444. The number of amides is 1. The number of quaternary nitrogens is 1. The van der Waals surface area contributed by atoms with Crippen LogP contribution in [0.4, 0.5) is 5.69 Å². The molecule has 1 unspecified atom stereocenters. The highest BCUT2D eigenvalue weighted by Gasteiger charge is 2.44. The minimum atomic E-state index is -0.501. The number of piperidine rings is 1. The summed E-state index contributed by atoms with van der Waals surface area (Å²) in [5, 5.41) is 2.99. The number of benzene rings is 2. The van der Waals surface area contributed by atoms with Crippen molar-refractivity contribution in [1.29, 1.82) is 0 Å². The molecule has 0 radical (unpaired) electrons. The molecule has 0 bridgehead atoms. The highest BCUT2D eigenvalue weighted by Crippen LogP contribution is 2.28. The van der Waals surface area contributed by atoms with E-state index in [-0.39, 0.29) is 25.0 Å². The number of esters is 2. The second-order valence-electron chi connectivity index (χ2n) is 8.93. The van der Waals surface area contributed by atoms with Crippen LogP contribution >= 0.6 is 0 Å². The lowest BCUT2D eigenvalue weighted by Crippen LogP contribution is -2.63. The smallest absolute Gasteiger partial charge is 0.362 e. The predicted octanol–water partition coefficient (Wildman–Crippen LogP) is 4.24. The molecule has 1 saturated heterocycles. The van der Waals surface area contributed by atoms with E-state index in [1.54, 1.807) is 12.1 Å². The lowest BCUT2D eigenvalue weighted by molar-refractivity contribution is -0.940. The summed E-state index contributed by atoms with van der Waals surface area (Å²) < 4.78 is 10.9. The lowest BCUT2D eigenvalue weighted by atomic mass is 9.99. The number of ether oxygens (including phenoxy) is 2. The topological polar surface area (TPSA) is 81.7 Å². The van der Waals surface area contributed by atoms with Gasteiger partial charge < -0.3 is 19.3 Å². The number of likely N-dealkylation sites (tertiary alicyclic amines) is 1. The van der Waals surface area contributed by atoms with Crippen molar-refractivity contribution in [3.05, 3.63) is 65.2 Å². The van der Waals surface area contributed by atoms with Crippen LogP contribution in [0.25, 0.3) is 0 Å². The van der Waals surface area contributed by atoms with E-state index < -0.39 is 12.0 Å². The van der Waals surface area contributed by atoms with Gasteiger partial charge in [0, 0.05) is 6.42 Å². The number of hydrogen-bond donors (Lipinski definition) is 1. The average Bonchev–Trinajstić information content (AvgIpc) is 2.85. The number of nitrogens with one attached hydrogen (secondary N) is 1. The van der Waals surface area contributed by atoms with Crippen LogP contribution in [-0.4, -0.2) is 55.1 Å². The molecule has 2 aromatic carbocycles. The number of hydrogen-bond acceptors (Lipinski definition) is 5. The van der Waals surface area contributed by atoms with Crippen molar-refractivity contribution in [2.24, 2.45) is 0 Å². The number of para-hydroxylation sites is 1. The summed E-state index contributed by atoms with van der Waals surface area (Å²) in [4.78, 5) is 38.8. The highest BCUT2D eigenvalue weighted by molar-refractivity contribution is 6.03. The van der Waals surface area contributed by atoms with E-state index in [4.69, 9.17) is 9.47 Å². The summed E-state index contributed by atoms with van der Waals surface area (Å²) in [7, 11) is 1.32. The molecule has 1 aliphatic rings. The molecular weight excluding hydrogens is 432 g/mol. The number of methoxy groups -OCH3 is 1. The third-order valence-corrected chi connectivity index (χ3v) is 6.67. The third-order valence-electron chi connectivity index (χ3n) is 6.67. The van der Waals surface area contributed by atoms with Crippen molar-refractivity contribution in [1.82, 2.24) is 0 Å². The Bertz CT molecular complexity index is 999. The summed E-state index contributed by atoms with van der Waals surface area (Å²) >= 11 is 0. The Morgan fingerprint density at radius 1 is 1.00 bits per heavy atom. The Balaban J connectivity index is 1.80. The second kappa shape index (κ2) is 11.8. The van der Waals surface area contributed by atoms with Crippen molar-refractivity contribution < 1.29 is 28.3 Å². The van der Waals surface area contributed by atoms with E-state index in [0.29, 0.717) is 22.2 Å². The molecule has 1 fully saturated rings. The van der Waals surface area contributed by atoms with Gasteiger partial charge in [-0.15, -0.1) is 0 Å². The molecule has 3 rings (SSSR count). The van der Waals surface area contributed by atoms with E-state index >= 15 is 0 Å². The number of aryl methyl sites for hydroxylation is 1. The Labute approximate surface area is 201 Å². The van der Waals surface area contributed by atoms with Crippen LogP contribution in [0.1, 0.15) is 54.1 Å². The first-order chi connectivity index (χ1) is 16.4. The minimum absolute atomic E-state index is 0.149. The zero-order valence-corrected chi connectivity index (χ0v) is 20.3. The maximum Gasteiger partial charge on any atom is 0.362 e. The minimum Gasteiger partial charge on any atom is -0.465 e. The van der Waals surface area contributed by atoms with Crippen LogP contribution in [-0.2, 0) is 25.7 Å². The summed E-state index contributed by atoms with van der Waals surface area (Å²) in [6, 6.07) is 14.4. The van der Waals surface area contributed by atoms with Gasteiger partial charge in [-0.1, -0.05) is 49.4 Å². The zero-order valence-electron chi connectivity index (χ0n) is 20.3. The largest absolute Gasteiger partial charge is 0.465 e. The van der Waals surface area contributed by atoms with Gasteiger partial charge in [-0.05, 0) is 43.4 Å². The molecule has 1 heterocycles. The van der Waals surface area contributed by atoms with Crippen LogP contribution in [0, 0.1) is 6.92 Å². The summed E-state index contributed by atoms with van der Waals surface area (Å²) in [6.07, 6.45) is 3.56. The Morgan fingerprint density at radius 2 is 1.71 bits per heavy atom. The molecule has 2 aromatic rings. The molecular formula is C27H35N2O5+. The molecule has 7 heteroatoms. The number of nitrogens with zero attached hydrogens (tertiary/aromatic N) is 1. The van der Waals surface area contributed by atoms with Crippen LogP contribution in [0.3, 0.4) is 0 Å². The van der Waals surface area contributed by atoms with Gasteiger partial charge in [-0.2, -0.15) is 0 Å². The fourth-order valence-electron chi connectivity index (χ4n) is 4.90. The zero-order chi connectivity index (χ0) is 24.6. The second-order valence-corrected chi connectivity index (χ2v) is 8.93. The Hall–Kier alpha value is -3.19. The molecule has 1 atom stereocenters. The number of carbonyl (C=O) groups is 3. The lowest BCUT2D eigenvalue weighted by Gasteiger charge is -2.45. The standard InChI is InChI=1S/C27H34N2O5/c1-4-23(26(31)28-25-20(2)12-11-15-22(25)27(32)33-3)29(16-9-6-10-17-29)18-24(30)34-19-21-13-7-5-8-14-21/h5,7-8,11-15,23H,4,6,9-10,16-19H2,1-3H3/p+1. The third kappa shape index (κ3) is 6.03.